The molecule has 0 aliphatic carbocycles. The van der Waals surface area contributed by atoms with Crippen molar-refractivity contribution in [2.24, 2.45) is 24.6 Å². The number of aryl methyl sites for hydroxylation is 1. The van der Waals surface area contributed by atoms with Gasteiger partial charge in [0.2, 0.25) is 5.91 Å². The molecule has 1 aliphatic rings. The van der Waals surface area contributed by atoms with Crippen molar-refractivity contribution in [3.8, 4) is 0 Å². The van der Waals surface area contributed by atoms with E-state index in [1.54, 1.807) is 7.05 Å². The molecule has 1 aliphatic heterocycles. The minimum atomic E-state index is -0.254. The van der Waals surface area contributed by atoms with Crippen molar-refractivity contribution in [1.82, 2.24) is 25.5 Å². The van der Waals surface area contributed by atoms with Gasteiger partial charge in [-0.15, -0.1) is 10.2 Å². The first-order valence-corrected chi connectivity index (χ1v) is 6.25. The van der Waals surface area contributed by atoms with Gasteiger partial charge in [0.1, 0.15) is 0 Å². The molecule has 1 amide bonds. The van der Waals surface area contributed by atoms with Gasteiger partial charge < -0.3 is 11.1 Å². The van der Waals surface area contributed by atoms with E-state index < -0.39 is 0 Å². The standard InChI is InChI=1S/C11H20N6O/c1-6-4-7(2)13-8(10(6)11(12)18)5-9-14-16-17(3)15-9/h6-8,10,13H,4-5H2,1-3H3,(H2,12,18). The van der Waals surface area contributed by atoms with E-state index in [2.05, 4.69) is 34.6 Å². The number of nitrogens with two attached hydrogens (primary N) is 1. The molecule has 1 fully saturated rings. The third kappa shape index (κ3) is 2.66. The number of piperidine rings is 1. The summed E-state index contributed by atoms with van der Waals surface area (Å²) in [6, 6.07) is 0.364. The van der Waals surface area contributed by atoms with Crippen molar-refractivity contribution in [2.45, 2.75) is 38.8 Å². The van der Waals surface area contributed by atoms with Crippen LogP contribution < -0.4 is 11.1 Å². The van der Waals surface area contributed by atoms with Gasteiger partial charge in [0.05, 0.1) is 13.0 Å². The van der Waals surface area contributed by atoms with Crippen LogP contribution in [0.1, 0.15) is 26.1 Å². The summed E-state index contributed by atoms with van der Waals surface area (Å²) < 4.78 is 0. The zero-order chi connectivity index (χ0) is 13.3. The van der Waals surface area contributed by atoms with Crippen LogP contribution in [0.3, 0.4) is 0 Å². The maximum absolute atomic E-state index is 11.6. The average molecular weight is 252 g/mol. The first kappa shape index (κ1) is 12.9. The second-order valence-corrected chi connectivity index (χ2v) is 5.21. The molecule has 2 heterocycles. The van der Waals surface area contributed by atoms with Gasteiger partial charge in [0.25, 0.3) is 0 Å². The fourth-order valence-electron chi connectivity index (χ4n) is 2.90. The number of nitrogens with one attached hydrogen (secondary N) is 1. The summed E-state index contributed by atoms with van der Waals surface area (Å²) in [5.74, 6) is 0.490. The molecular formula is C11H20N6O. The lowest BCUT2D eigenvalue weighted by Crippen LogP contribution is -2.55. The third-order valence-corrected chi connectivity index (χ3v) is 3.55. The molecule has 4 unspecified atom stereocenters. The highest BCUT2D eigenvalue weighted by atomic mass is 16.1. The number of amides is 1. The lowest BCUT2D eigenvalue weighted by atomic mass is 9.77. The van der Waals surface area contributed by atoms with Crippen molar-refractivity contribution in [3.63, 3.8) is 0 Å². The molecule has 100 valence electrons. The number of hydrogen-bond donors (Lipinski definition) is 2. The summed E-state index contributed by atoms with van der Waals surface area (Å²) in [4.78, 5) is 13.0. The molecular weight excluding hydrogens is 232 g/mol. The fourth-order valence-corrected chi connectivity index (χ4v) is 2.90. The van der Waals surface area contributed by atoms with Crippen LogP contribution in [0.15, 0.2) is 0 Å². The van der Waals surface area contributed by atoms with Gasteiger partial charge in [-0.3, -0.25) is 4.79 Å². The Hall–Kier alpha value is -1.50. The van der Waals surface area contributed by atoms with Crippen LogP contribution in [0.25, 0.3) is 0 Å². The Labute approximate surface area is 106 Å². The van der Waals surface area contributed by atoms with E-state index in [9.17, 15) is 4.79 Å². The van der Waals surface area contributed by atoms with E-state index in [0.29, 0.717) is 18.3 Å². The summed E-state index contributed by atoms with van der Waals surface area (Å²) in [6.07, 6.45) is 1.54. The van der Waals surface area contributed by atoms with Crippen LogP contribution >= 0.6 is 0 Å². The lowest BCUT2D eigenvalue weighted by molar-refractivity contribution is -0.125. The number of carbonyl (C=O) groups is 1. The van der Waals surface area contributed by atoms with Crippen LogP contribution in [0, 0.1) is 11.8 Å². The number of hydrogen-bond acceptors (Lipinski definition) is 5. The normalized spacial score (nSPS) is 32.4. The Bertz CT molecular complexity index is 431. The molecule has 7 nitrogen and oxygen atoms in total. The molecule has 3 N–H and O–H groups in total. The van der Waals surface area contributed by atoms with Gasteiger partial charge in [0, 0.05) is 18.5 Å². The quantitative estimate of drug-likeness (QED) is 0.737. The molecule has 1 aromatic heterocycles. The predicted octanol–water partition coefficient (Wildman–Crippen LogP) is -0.759. The van der Waals surface area contributed by atoms with Crippen molar-refractivity contribution in [1.29, 1.82) is 0 Å². The van der Waals surface area contributed by atoms with E-state index in [1.807, 2.05) is 0 Å². The van der Waals surface area contributed by atoms with Gasteiger partial charge in [-0.05, 0) is 24.5 Å². The van der Waals surface area contributed by atoms with Gasteiger partial charge in [-0.2, -0.15) is 4.80 Å². The van der Waals surface area contributed by atoms with E-state index in [0.717, 1.165) is 6.42 Å². The number of primary amides is 1. The van der Waals surface area contributed by atoms with Gasteiger partial charge in [0.15, 0.2) is 5.82 Å². The monoisotopic (exact) mass is 252 g/mol. The molecule has 18 heavy (non-hydrogen) atoms. The molecule has 2 rings (SSSR count). The summed E-state index contributed by atoms with van der Waals surface area (Å²) in [5, 5.41) is 15.3. The molecule has 7 heteroatoms. The Balaban J connectivity index is 2.14. The maximum atomic E-state index is 11.6. The summed E-state index contributed by atoms with van der Waals surface area (Å²) in [7, 11) is 1.72. The SMILES string of the molecule is CC1CC(C)C(C(N)=O)C(Cc2nnn(C)n2)N1. The van der Waals surface area contributed by atoms with Crippen molar-refractivity contribution in [2.75, 3.05) is 0 Å². The first-order chi connectivity index (χ1) is 8.47. The highest BCUT2D eigenvalue weighted by Gasteiger charge is 2.37. The summed E-state index contributed by atoms with van der Waals surface area (Å²) >= 11 is 0. The van der Waals surface area contributed by atoms with Crippen molar-refractivity contribution < 1.29 is 4.79 Å². The molecule has 0 aromatic carbocycles. The van der Waals surface area contributed by atoms with E-state index in [4.69, 9.17) is 5.73 Å². The minimum absolute atomic E-state index is 0.00884. The largest absolute Gasteiger partial charge is 0.369 e. The highest BCUT2D eigenvalue weighted by Crippen LogP contribution is 2.27. The smallest absolute Gasteiger partial charge is 0.222 e. The van der Waals surface area contributed by atoms with E-state index >= 15 is 0 Å². The van der Waals surface area contributed by atoms with Crippen LogP contribution in [-0.4, -0.2) is 38.2 Å². The second kappa shape index (κ2) is 5.01. The van der Waals surface area contributed by atoms with Crippen LogP contribution in [0.5, 0.6) is 0 Å². The summed E-state index contributed by atoms with van der Waals surface area (Å²) in [6.45, 7) is 4.19. The molecule has 0 bridgehead atoms. The molecule has 0 radical (unpaired) electrons. The fraction of sp³-hybridized carbons (Fsp3) is 0.818. The van der Waals surface area contributed by atoms with Crippen LogP contribution in [-0.2, 0) is 18.3 Å². The van der Waals surface area contributed by atoms with E-state index in [-0.39, 0.29) is 23.8 Å². The number of aromatic nitrogens is 4. The Morgan fingerprint density at radius 1 is 1.56 bits per heavy atom. The van der Waals surface area contributed by atoms with Crippen LogP contribution in [0.4, 0.5) is 0 Å². The third-order valence-electron chi connectivity index (χ3n) is 3.55. The number of nitrogens with zero attached hydrogens (tertiary/aromatic N) is 4. The topological polar surface area (TPSA) is 98.7 Å². The predicted molar refractivity (Wildman–Crippen MR) is 65.4 cm³/mol. The van der Waals surface area contributed by atoms with Crippen molar-refractivity contribution in [3.05, 3.63) is 5.82 Å². The molecule has 0 spiro atoms. The minimum Gasteiger partial charge on any atom is -0.369 e. The van der Waals surface area contributed by atoms with Gasteiger partial charge in [-0.1, -0.05) is 6.92 Å². The van der Waals surface area contributed by atoms with Crippen LogP contribution in [0.2, 0.25) is 0 Å². The number of rotatable bonds is 3. The van der Waals surface area contributed by atoms with E-state index in [1.165, 1.54) is 4.80 Å². The summed E-state index contributed by atoms with van der Waals surface area (Å²) in [5.41, 5.74) is 5.51. The maximum Gasteiger partial charge on any atom is 0.222 e. The number of tetrazole rings is 1. The lowest BCUT2D eigenvalue weighted by Gasteiger charge is -2.38. The second-order valence-electron chi connectivity index (χ2n) is 5.21. The Morgan fingerprint density at radius 3 is 2.83 bits per heavy atom. The zero-order valence-electron chi connectivity index (χ0n) is 11.0. The van der Waals surface area contributed by atoms with Gasteiger partial charge in [-0.25, -0.2) is 0 Å². The Morgan fingerprint density at radius 2 is 2.28 bits per heavy atom. The Kier molecular flexibility index (Phi) is 3.60. The zero-order valence-corrected chi connectivity index (χ0v) is 11.0. The highest BCUT2D eigenvalue weighted by molar-refractivity contribution is 5.78. The average Bonchev–Trinajstić information content (AvgIpc) is 2.62. The molecule has 0 saturated carbocycles. The first-order valence-electron chi connectivity index (χ1n) is 6.25. The molecule has 1 aromatic rings. The van der Waals surface area contributed by atoms with Gasteiger partial charge >= 0.3 is 0 Å². The molecule has 4 atom stereocenters. The number of carbonyl (C=O) groups excluding carboxylic acids is 1. The molecule has 1 saturated heterocycles. The van der Waals surface area contributed by atoms with Crippen molar-refractivity contribution >= 4 is 5.91 Å².